The van der Waals surface area contributed by atoms with E-state index in [2.05, 4.69) is 20.6 Å². The Kier molecular flexibility index (Phi) is 4.24. The van der Waals surface area contributed by atoms with Crippen molar-refractivity contribution in [2.45, 2.75) is 6.92 Å². The number of nitrogens with one attached hydrogen (secondary N) is 2. The van der Waals surface area contributed by atoms with Crippen LogP contribution in [0.4, 0.5) is 17.3 Å². The van der Waals surface area contributed by atoms with Crippen LogP contribution in [0.5, 0.6) is 11.5 Å². The van der Waals surface area contributed by atoms with Gasteiger partial charge in [-0.05, 0) is 6.92 Å². The van der Waals surface area contributed by atoms with Gasteiger partial charge in [0.2, 0.25) is 0 Å². The second kappa shape index (κ2) is 6.10. The van der Waals surface area contributed by atoms with Gasteiger partial charge in [-0.1, -0.05) is 0 Å². The van der Waals surface area contributed by atoms with Crippen LogP contribution < -0.4 is 20.1 Å². The maximum Gasteiger partial charge on any atom is 0.138 e. The van der Waals surface area contributed by atoms with Crippen LogP contribution in [0.3, 0.4) is 0 Å². The van der Waals surface area contributed by atoms with Gasteiger partial charge in [0.05, 0.1) is 14.2 Å². The van der Waals surface area contributed by atoms with Gasteiger partial charge in [-0.15, -0.1) is 0 Å². The lowest BCUT2D eigenvalue weighted by molar-refractivity contribution is 0.395. The lowest BCUT2D eigenvalue weighted by atomic mass is 10.2. The number of rotatable bonds is 5. The molecule has 2 N–H and O–H groups in total. The number of benzene rings is 1. The number of ether oxygens (including phenoxy) is 2. The van der Waals surface area contributed by atoms with Crippen LogP contribution in [-0.4, -0.2) is 31.2 Å². The van der Waals surface area contributed by atoms with Gasteiger partial charge in [0.1, 0.15) is 29.5 Å². The molecule has 6 heteroatoms. The summed E-state index contributed by atoms with van der Waals surface area (Å²) >= 11 is 0. The molecule has 0 aliphatic heterocycles. The normalized spacial score (nSPS) is 10.0. The van der Waals surface area contributed by atoms with Crippen molar-refractivity contribution in [3.8, 4) is 11.5 Å². The van der Waals surface area contributed by atoms with Crippen LogP contribution in [0.2, 0.25) is 0 Å². The third-order valence-corrected chi connectivity index (χ3v) is 2.94. The molecule has 0 amide bonds. The third-order valence-electron chi connectivity index (χ3n) is 2.94. The van der Waals surface area contributed by atoms with Gasteiger partial charge in [0.25, 0.3) is 0 Å². The van der Waals surface area contributed by atoms with Crippen molar-refractivity contribution in [2.24, 2.45) is 0 Å². The number of hydrogen-bond acceptors (Lipinski definition) is 6. The van der Waals surface area contributed by atoms with Crippen LogP contribution in [0.25, 0.3) is 0 Å². The first-order chi connectivity index (χ1) is 9.67. The standard InChI is InChI=1S/C14H18N4O2/c1-9-13(15-2)16-8-17-14(9)18-10-5-11(19-3)7-12(6-10)20-4/h5-8H,1-4H3,(H2,15,16,17,18). The van der Waals surface area contributed by atoms with Gasteiger partial charge in [-0.25, -0.2) is 9.97 Å². The summed E-state index contributed by atoms with van der Waals surface area (Å²) in [6.07, 6.45) is 1.51. The number of aromatic nitrogens is 2. The van der Waals surface area contributed by atoms with Crippen LogP contribution >= 0.6 is 0 Å². The first kappa shape index (κ1) is 13.9. The van der Waals surface area contributed by atoms with E-state index in [1.807, 2.05) is 32.2 Å². The predicted octanol–water partition coefficient (Wildman–Crippen LogP) is 2.59. The zero-order chi connectivity index (χ0) is 14.5. The summed E-state index contributed by atoms with van der Waals surface area (Å²) in [5.74, 6) is 2.96. The first-order valence-corrected chi connectivity index (χ1v) is 6.17. The smallest absolute Gasteiger partial charge is 0.138 e. The Morgan fingerprint density at radius 2 is 1.55 bits per heavy atom. The van der Waals surface area contributed by atoms with Crippen molar-refractivity contribution in [2.75, 3.05) is 31.9 Å². The third kappa shape index (κ3) is 2.90. The SMILES string of the molecule is CNc1ncnc(Nc2cc(OC)cc(OC)c2)c1C. The Bertz CT molecular complexity index is 579. The molecule has 20 heavy (non-hydrogen) atoms. The molecule has 0 spiro atoms. The Morgan fingerprint density at radius 1 is 0.950 bits per heavy atom. The molecule has 1 aromatic carbocycles. The van der Waals surface area contributed by atoms with E-state index in [0.29, 0.717) is 11.5 Å². The fourth-order valence-electron chi connectivity index (χ4n) is 1.84. The van der Waals surface area contributed by atoms with Crippen LogP contribution in [-0.2, 0) is 0 Å². The Hall–Kier alpha value is -2.50. The predicted molar refractivity (Wildman–Crippen MR) is 79.1 cm³/mol. The molecule has 106 valence electrons. The molecule has 2 rings (SSSR count). The highest BCUT2D eigenvalue weighted by Gasteiger charge is 2.08. The van der Waals surface area contributed by atoms with Gasteiger partial charge in [0, 0.05) is 36.5 Å². The van der Waals surface area contributed by atoms with E-state index in [4.69, 9.17) is 9.47 Å². The summed E-state index contributed by atoms with van der Waals surface area (Å²) in [6, 6.07) is 5.57. The molecule has 0 unspecified atom stereocenters. The molecular formula is C14H18N4O2. The van der Waals surface area contributed by atoms with Gasteiger partial charge in [-0.2, -0.15) is 0 Å². The average Bonchev–Trinajstić information content (AvgIpc) is 2.49. The van der Waals surface area contributed by atoms with E-state index < -0.39 is 0 Å². The Balaban J connectivity index is 2.34. The molecule has 0 atom stereocenters. The van der Waals surface area contributed by atoms with Crippen molar-refractivity contribution in [1.82, 2.24) is 9.97 Å². The van der Waals surface area contributed by atoms with Gasteiger partial charge in [0.15, 0.2) is 0 Å². The van der Waals surface area contributed by atoms with E-state index in [0.717, 1.165) is 22.9 Å². The molecule has 0 saturated heterocycles. The first-order valence-electron chi connectivity index (χ1n) is 6.17. The van der Waals surface area contributed by atoms with Crippen molar-refractivity contribution in [1.29, 1.82) is 0 Å². The Labute approximate surface area is 118 Å². The minimum atomic E-state index is 0.715. The van der Waals surface area contributed by atoms with Crippen LogP contribution in [0.1, 0.15) is 5.56 Å². The molecule has 0 bridgehead atoms. The number of nitrogens with zero attached hydrogens (tertiary/aromatic N) is 2. The molecule has 2 aromatic rings. The number of anilines is 3. The highest BCUT2D eigenvalue weighted by atomic mass is 16.5. The Morgan fingerprint density at radius 3 is 2.10 bits per heavy atom. The van der Waals surface area contributed by atoms with E-state index in [1.54, 1.807) is 14.2 Å². The fourth-order valence-corrected chi connectivity index (χ4v) is 1.84. The maximum absolute atomic E-state index is 5.25. The van der Waals surface area contributed by atoms with Crippen molar-refractivity contribution in [3.63, 3.8) is 0 Å². The zero-order valence-corrected chi connectivity index (χ0v) is 12.0. The van der Waals surface area contributed by atoms with Gasteiger partial charge in [-0.3, -0.25) is 0 Å². The largest absolute Gasteiger partial charge is 0.497 e. The molecule has 0 fully saturated rings. The highest BCUT2D eigenvalue weighted by Crippen LogP contribution is 2.29. The minimum absolute atomic E-state index is 0.715. The summed E-state index contributed by atoms with van der Waals surface area (Å²) in [5.41, 5.74) is 1.78. The summed E-state index contributed by atoms with van der Waals surface area (Å²) < 4.78 is 10.5. The monoisotopic (exact) mass is 274 g/mol. The fraction of sp³-hybridized carbons (Fsp3) is 0.286. The van der Waals surface area contributed by atoms with Gasteiger partial charge < -0.3 is 20.1 Å². The van der Waals surface area contributed by atoms with E-state index >= 15 is 0 Å². The lowest BCUT2D eigenvalue weighted by Gasteiger charge is -2.13. The quantitative estimate of drug-likeness (QED) is 0.873. The lowest BCUT2D eigenvalue weighted by Crippen LogP contribution is -2.02. The zero-order valence-electron chi connectivity index (χ0n) is 12.0. The molecule has 0 aliphatic rings. The molecule has 1 aromatic heterocycles. The second-order valence-corrected chi connectivity index (χ2v) is 4.17. The van der Waals surface area contributed by atoms with Crippen LogP contribution in [0, 0.1) is 6.92 Å². The summed E-state index contributed by atoms with van der Waals surface area (Å²) in [4.78, 5) is 8.40. The molecule has 0 aliphatic carbocycles. The van der Waals surface area contributed by atoms with Crippen LogP contribution in [0.15, 0.2) is 24.5 Å². The maximum atomic E-state index is 5.25. The van der Waals surface area contributed by atoms with E-state index in [9.17, 15) is 0 Å². The molecule has 1 heterocycles. The summed E-state index contributed by atoms with van der Waals surface area (Å²) in [6.45, 7) is 1.95. The number of hydrogen-bond donors (Lipinski definition) is 2. The number of methoxy groups -OCH3 is 2. The second-order valence-electron chi connectivity index (χ2n) is 4.17. The van der Waals surface area contributed by atoms with E-state index in [-0.39, 0.29) is 0 Å². The van der Waals surface area contributed by atoms with E-state index in [1.165, 1.54) is 6.33 Å². The minimum Gasteiger partial charge on any atom is -0.497 e. The average molecular weight is 274 g/mol. The summed E-state index contributed by atoms with van der Waals surface area (Å²) in [5, 5.41) is 6.27. The van der Waals surface area contributed by atoms with Crippen molar-refractivity contribution < 1.29 is 9.47 Å². The van der Waals surface area contributed by atoms with Crippen molar-refractivity contribution in [3.05, 3.63) is 30.1 Å². The molecular weight excluding hydrogens is 256 g/mol. The molecule has 0 saturated carbocycles. The molecule has 0 radical (unpaired) electrons. The highest BCUT2D eigenvalue weighted by molar-refractivity contribution is 5.66. The summed E-state index contributed by atoms with van der Waals surface area (Å²) in [7, 11) is 5.06. The molecule has 6 nitrogen and oxygen atoms in total. The van der Waals surface area contributed by atoms with Crippen molar-refractivity contribution >= 4 is 17.3 Å². The van der Waals surface area contributed by atoms with Gasteiger partial charge >= 0.3 is 0 Å². The topological polar surface area (TPSA) is 68.3 Å².